The summed E-state index contributed by atoms with van der Waals surface area (Å²) in [5.41, 5.74) is 1.97. The fourth-order valence-corrected chi connectivity index (χ4v) is 1.55. The van der Waals surface area contributed by atoms with E-state index < -0.39 is 0 Å². The van der Waals surface area contributed by atoms with Gasteiger partial charge in [-0.1, -0.05) is 18.6 Å². The average molecular weight is 263 g/mol. The molecule has 0 radical (unpaired) electrons. The SMILES string of the molecule is COc1ccc(C)cc1C=CC(=O)NCC(C)CO. The molecular weight excluding hydrogens is 242 g/mol. The minimum Gasteiger partial charge on any atom is -0.496 e. The smallest absolute Gasteiger partial charge is 0.244 e. The lowest BCUT2D eigenvalue weighted by Gasteiger charge is -2.08. The van der Waals surface area contributed by atoms with E-state index in [2.05, 4.69) is 5.32 Å². The second-order valence-corrected chi connectivity index (χ2v) is 4.61. The molecule has 0 aliphatic carbocycles. The number of hydrogen-bond donors (Lipinski definition) is 2. The molecule has 0 fully saturated rings. The van der Waals surface area contributed by atoms with E-state index in [-0.39, 0.29) is 18.4 Å². The zero-order valence-corrected chi connectivity index (χ0v) is 11.6. The molecule has 4 heteroatoms. The first-order valence-corrected chi connectivity index (χ1v) is 6.28. The molecule has 1 rings (SSSR count). The summed E-state index contributed by atoms with van der Waals surface area (Å²) < 4.78 is 5.23. The monoisotopic (exact) mass is 263 g/mol. The zero-order chi connectivity index (χ0) is 14.3. The summed E-state index contributed by atoms with van der Waals surface area (Å²) in [6.07, 6.45) is 3.20. The van der Waals surface area contributed by atoms with Crippen LogP contribution in [0.5, 0.6) is 5.75 Å². The van der Waals surface area contributed by atoms with Crippen molar-refractivity contribution in [3.05, 3.63) is 35.4 Å². The van der Waals surface area contributed by atoms with Crippen LogP contribution in [0, 0.1) is 12.8 Å². The van der Waals surface area contributed by atoms with E-state index in [1.54, 1.807) is 13.2 Å². The predicted octanol–water partition coefficient (Wildman–Crippen LogP) is 1.76. The Kier molecular flexibility index (Phi) is 6.09. The maximum Gasteiger partial charge on any atom is 0.244 e. The summed E-state index contributed by atoms with van der Waals surface area (Å²) in [5.74, 6) is 0.619. The van der Waals surface area contributed by atoms with Crippen LogP contribution in [0.4, 0.5) is 0 Å². The molecule has 0 spiro atoms. The number of methoxy groups -OCH3 is 1. The third-order valence-electron chi connectivity index (χ3n) is 2.74. The number of aliphatic hydroxyl groups excluding tert-OH is 1. The molecule has 0 saturated heterocycles. The minimum atomic E-state index is -0.177. The maximum absolute atomic E-state index is 11.6. The first-order valence-electron chi connectivity index (χ1n) is 6.28. The number of carbonyl (C=O) groups excluding carboxylic acids is 1. The molecule has 1 aromatic rings. The van der Waals surface area contributed by atoms with Gasteiger partial charge in [0.2, 0.25) is 5.91 Å². The number of aryl methyl sites for hydroxylation is 1. The van der Waals surface area contributed by atoms with Gasteiger partial charge in [-0.15, -0.1) is 0 Å². The highest BCUT2D eigenvalue weighted by Crippen LogP contribution is 2.20. The summed E-state index contributed by atoms with van der Waals surface area (Å²) in [7, 11) is 1.60. The van der Waals surface area contributed by atoms with Gasteiger partial charge in [0.15, 0.2) is 0 Å². The molecule has 0 aliphatic rings. The van der Waals surface area contributed by atoms with E-state index in [9.17, 15) is 4.79 Å². The molecule has 1 amide bonds. The van der Waals surface area contributed by atoms with Gasteiger partial charge in [0, 0.05) is 24.8 Å². The largest absolute Gasteiger partial charge is 0.496 e. The first-order chi connectivity index (χ1) is 9.06. The van der Waals surface area contributed by atoms with Crippen LogP contribution in [0.15, 0.2) is 24.3 Å². The molecule has 1 unspecified atom stereocenters. The van der Waals surface area contributed by atoms with Crippen LogP contribution in [-0.2, 0) is 4.79 Å². The number of benzene rings is 1. The van der Waals surface area contributed by atoms with Crippen LogP contribution in [0.3, 0.4) is 0 Å². The number of nitrogens with one attached hydrogen (secondary N) is 1. The van der Waals surface area contributed by atoms with Crippen molar-refractivity contribution in [3.63, 3.8) is 0 Å². The van der Waals surface area contributed by atoms with E-state index >= 15 is 0 Å². The average Bonchev–Trinajstić information content (AvgIpc) is 2.42. The van der Waals surface area contributed by atoms with Crippen LogP contribution < -0.4 is 10.1 Å². The molecular formula is C15H21NO3. The molecule has 1 atom stereocenters. The van der Waals surface area contributed by atoms with E-state index in [0.717, 1.165) is 16.9 Å². The Bertz CT molecular complexity index is 455. The Labute approximate surface area is 114 Å². The molecule has 0 bridgehead atoms. The molecule has 0 heterocycles. The molecule has 2 N–H and O–H groups in total. The van der Waals surface area contributed by atoms with E-state index in [1.165, 1.54) is 6.08 Å². The highest BCUT2D eigenvalue weighted by molar-refractivity contribution is 5.92. The van der Waals surface area contributed by atoms with Gasteiger partial charge >= 0.3 is 0 Å². The Morgan fingerprint density at radius 2 is 2.26 bits per heavy atom. The Morgan fingerprint density at radius 1 is 1.53 bits per heavy atom. The van der Waals surface area contributed by atoms with Crippen molar-refractivity contribution in [2.24, 2.45) is 5.92 Å². The van der Waals surface area contributed by atoms with Gasteiger partial charge < -0.3 is 15.2 Å². The topological polar surface area (TPSA) is 58.6 Å². The minimum absolute atomic E-state index is 0.0610. The normalized spacial score (nSPS) is 12.4. The van der Waals surface area contributed by atoms with Gasteiger partial charge in [0.25, 0.3) is 0 Å². The van der Waals surface area contributed by atoms with Crippen LogP contribution in [0.25, 0.3) is 6.08 Å². The number of aliphatic hydroxyl groups is 1. The van der Waals surface area contributed by atoms with Crippen molar-refractivity contribution in [1.82, 2.24) is 5.32 Å². The molecule has 0 aromatic heterocycles. The number of ether oxygens (including phenoxy) is 1. The molecule has 1 aromatic carbocycles. The van der Waals surface area contributed by atoms with Gasteiger partial charge in [0.05, 0.1) is 7.11 Å². The van der Waals surface area contributed by atoms with Gasteiger partial charge in [-0.25, -0.2) is 0 Å². The van der Waals surface area contributed by atoms with Crippen molar-refractivity contribution in [1.29, 1.82) is 0 Å². The van der Waals surface area contributed by atoms with Crippen molar-refractivity contribution >= 4 is 12.0 Å². The lowest BCUT2D eigenvalue weighted by Crippen LogP contribution is -2.27. The third-order valence-corrected chi connectivity index (χ3v) is 2.74. The van der Waals surface area contributed by atoms with Crippen LogP contribution in [-0.4, -0.2) is 31.3 Å². The van der Waals surface area contributed by atoms with Gasteiger partial charge in [0.1, 0.15) is 5.75 Å². The summed E-state index contributed by atoms with van der Waals surface area (Å²) in [6.45, 7) is 4.38. The number of rotatable bonds is 6. The summed E-state index contributed by atoms with van der Waals surface area (Å²) in [6, 6.07) is 5.79. The van der Waals surface area contributed by atoms with Crippen molar-refractivity contribution in [2.75, 3.05) is 20.3 Å². The number of hydrogen-bond acceptors (Lipinski definition) is 3. The number of carbonyl (C=O) groups is 1. The zero-order valence-electron chi connectivity index (χ0n) is 11.6. The van der Waals surface area contributed by atoms with Gasteiger partial charge in [-0.05, 0) is 31.1 Å². The van der Waals surface area contributed by atoms with Crippen molar-refractivity contribution < 1.29 is 14.6 Å². The van der Waals surface area contributed by atoms with Crippen LogP contribution >= 0.6 is 0 Å². The van der Waals surface area contributed by atoms with Gasteiger partial charge in [-0.2, -0.15) is 0 Å². The van der Waals surface area contributed by atoms with E-state index in [0.29, 0.717) is 6.54 Å². The highest BCUT2D eigenvalue weighted by Gasteiger charge is 2.03. The van der Waals surface area contributed by atoms with Crippen molar-refractivity contribution in [2.45, 2.75) is 13.8 Å². The molecule has 0 saturated carbocycles. The van der Waals surface area contributed by atoms with Crippen LogP contribution in [0.2, 0.25) is 0 Å². The lowest BCUT2D eigenvalue weighted by molar-refractivity contribution is -0.116. The second kappa shape index (κ2) is 7.59. The highest BCUT2D eigenvalue weighted by atomic mass is 16.5. The first kappa shape index (κ1) is 15.2. The summed E-state index contributed by atoms with van der Waals surface area (Å²) in [5, 5.41) is 11.6. The summed E-state index contributed by atoms with van der Waals surface area (Å²) >= 11 is 0. The van der Waals surface area contributed by atoms with Gasteiger partial charge in [-0.3, -0.25) is 4.79 Å². The quantitative estimate of drug-likeness (QED) is 0.769. The predicted molar refractivity (Wildman–Crippen MR) is 76.0 cm³/mol. The molecule has 0 aliphatic heterocycles. The maximum atomic E-state index is 11.6. The summed E-state index contributed by atoms with van der Waals surface area (Å²) in [4.78, 5) is 11.6. The third kappa shape index (κ3) is 5.14. The molecule has 104 valence electrons. The second-order valence-electron chi connectivity index (χ2n) is 4.61. The Morgan fingerprint density at radius 3 is 2.89 bits per heavy atom. The van der Waals surface area contributed by atoms with E-state index in [4.69, 9.17) is 9.84 Å². The molecule has 4 nitrogen and oxygen atoms in total. The fourth-order valence-electron chi connectivity index (χ4n) is 1.55. The number of amides is 1. The Hall–Kier alpha value is -1.81. The Balaban J connectivity index is 2.65. The van der Waals surface area contributed by atoms with Crippen molar-refractivity contribution in [3.8, 4) is 5.75 Å². The lowest BCUT2D eigenvalue weighted by atomic mass is 10.1. The van der Waals surface area contributed by atoms with E-state index in [1.807, 2.05) is 32.0 Å². The van der Waals surface area contributed by atoms with Crippen LogP contribution in [0.1, 0.15) is 18.1 Å². The standard InChI is InChI=1S/C15H21NO3/c1-11-4-6-14(19-3)13(8-11)5-7-15(18)16-9-12(2)10-17/h4-8,12,17H,9-10H2,1-3H3,(H,16,18). The fraction of sp³-hybridized carbons (Fsp3) is 0.400. The molecule has 19 heavy (non-hydrogen) atoms.